The van der Waals surface area contributed by atoms with Gasteiger partial charge < -0.3 is 14.5 Å². The number of fused-ring (bicyclic) bond motifs is 1. The van der Waals surface area contributed by atoms with Crippen molar-refractivity contribution in [2.45, 2.75) is 12.8 Å². The maximum atomic E-state index is 13.3. The third-order valence-electron chi connectivity index (χ3n) is 3.82. The minimum atomic E-state index is -0.485. The fourth-order valence-electron chi connectivity index (χ4n) is 2.58. The maximum absolute atomic E-state index is 13.3. The zero-order valence-corrected chi connectivity index (χ0v) is 15.2. The molecule has 1 N–H and O–H groups in total. The minimum Gasteiger partial charge on any atom is -0.480 e. The predicted molar refractivity (Wildman–Crippen MR) is 99.5 cm³/mol. The van der Waals surface area contributed by atoms with Crippen LogP contribution in [0.5, 0.6) is 5.75 Å². The van der Waals surface area contributed by atoms with Gasteiger partial charge >= 0.3 is 5.97 Å². The summed E-state index contributed by atoms with van der Waals surface area (Å²) in [4.78, 5) is 14.8. The Bertz CT molecular complexity index is 926. The highest BCUT2D eigenvalue weighted by Crippen LogP contribution is 2.27. The summed E-state index contributed by atoms with van der Waals surface area (Å²) < 4.78 is 23.8. The zero-order valence-electron chi connectivity index (χ0n) is 13.7. The van der Waals surface area contributed by atoms with Crippen LogP contribution in [-0.4, -0.2) is 24.2 Å². The van der Waals surface area contributed by atoms with E-state index in [1.165, 1.54) is 18.2 Å². The highest BCUT2D eigenvalue weighted by atomic mass is 35.5. The summed E-state index contributed by atoms with van der Waals surface area (Å²) >= 11 is 11.8. The number of aromatic nitrogens is 1. The molecule has 0 saturated carbocycles. The number of carbonyl (C=O) groups is 1. The van der Waals surface area contributed by atoms with Crippen LogP contribution >= 0.6 is 23.2 Å². The normalized spacial score (nSPS) is 10.9. The Morgan fingerprint density at radius 2 is 2.00 bits per heavy atom. The van der Waals surface area contributed by atoms with Crippen LogP contribution in [0.2, 0.25) is 10.0 Å². The molecule has 26 heavy (non-hydrogen) atoms. The number of aryl methyl sites for hydroxylation is 1. The van der Waals surface area contributed by atoms with Gasteiger partial charge in [0.25, 0.3) is 0 Å². The van der Waals surface area contributed by atoms with E-state index in [2.05, 4.69) is 4.98 Å². The molecule has 2 aromatic carbocycles. The van der Waals surface area contributed by atoms with E-state index < -0.39 is 5.97 Å². The molecule has 1 aromatic heterocycles. The van der Waals surface area contributed by atoms with Crippen LogP contribution in [0.4, 0.5) is 4.39 Å². The molecule has 1 heterocycles. The van der Waals surface area contributed by atoms with Crippen molar-refractivity contribution >= 4 is 40.1 Å². The zero-order chi connectivity index (χ0) is 18.5. The molecule has 0 aliphatic heterocycles. The largest absolute Gasteiger partial charge is 0.480 e. The summed E-state index contributed by atoms with van der Waals surface area (Å²) in [6.45, 7) is 0.0121. The maximum Gasteiger partial charge on any atom is 0.344 e. The average Bonchev–Trinajstić information content (AvgIpc) is 3.00. The van der Waals surface area contributed by atoms with Crippen molar-refractivity contribution in [3.05, 3.63) is 64.0 Å². The topological polar surface area (TPSA) is 51.3 Å². The number of benzene rings is 2. The Morgan fingerprint density at radius 1 is 1.15 bits per heavy atom. The summed E-state index contributed by atoms with van der Waals surface area (Å²) in [7, 11) is 0. The Kier molecular flexibility index (Phi) is 6.01. The van der Waals surface area contributed by atoms with E-state index in [0.29, 0.717) is 28.6 Å². The van der Waals surface area contributed by atoms with Gasteiger partial charge in [0.15, 0.2) is 6.61 Å². The predicted octanol–water partition coefficient (Wildman–Crippen LogP) is 5.17. The van der Waals surface area contributed by atoms with Crippen molar-refractivity contribution in [3.8, 4) is 5.75 Å². The second kappa shape index (κ2) is 8.43. The molecule has 3 aromatic rings. The summed E-state index contributed by atoms with van der Waals surface area (Å²) in [5.74, 6) is -0.391. The summed E-state index contributed by atoms with van der Waals surface area (Å²) in [6.07, 6.45) is 3.13. The molecule has 0 unspecified atom stereocenters. The first-order chi connectivity index (χ1) is 12.5. The van der Waals surface area contributed by atoms with Gasteiger partial charge in [-0.2, -0.15) is 0 Å². The lowest BCUT2D eigenvalue weighted by molar-refractivity contribution is -0.146. The van der Waals surface area contributed by atoms with Crippen molar-refractivity contribution < 1.29 is 18.7 Å². The molecular weight excluding hydrogens is 380 g/mol. The van der Waals surface area contributed by atoms with Crippen LogP contribution < -0.4 is 4.74 Å². The van der Waals surface area contributed by atoms with Crippen molar-refractivity contribution in [2.75, 3.05) is 13.2 Å². The number of esters is 1. The van der Waals surface area contributed by atoms with Gasteiger partial charge in [0.05, 0.1) is 11.6 Å². The van der Waals surface area contributed by atoms with Gasteiger partial charge in [-0.15, -0.1) is 0 Å². The number of halogens is 3. The fraction of sp³-hybridized carbons (Fsp3) is 0.211. The van der Waals surface area contributed by atoms with Gasteiger partial charge in [-0.1, -0.05) is 23.2 Å². The second-order valence-electron chi connectivity index (χ2n) is 5.69. The van der Waals surface area contributed by atoms with Crippen molar-refractivity contribution in [1.82, 2.24) is 4.98 Å². The first kappa shape index (κ1) is 18.5. The lowest BCUT2D eigenvalue weighted by Crippen LogP contribution is -2.15. The molecule has 0 spiro atoms. The van der Waals surface area contributed by atoms with Crippen LogP contribution in [-0.2, 0) is 16.0 Å². The smallest absolute Gasteiger partial charge is 0.344 e. The average molecular weight is 396 g/mol. The SMILES string of the molecule is O=C(COc1ccc(Cl)cc1Cl)OCCCc1c[nH]c2ccc(F)cc12. The summed E-state index contributed by atoms with van der Waals surface area (Å²) in [5.41, 5.74) is 1.87. The van der Waals surface area contributed by atoms with Gasteiger partial charge in [-0.3, -0.25) is 0 Å². The van der Waals surface area contributed by atoms with E-state index in [9.17, 15) is 9.18 Å². The lowest BCUT2D eigenvalue weighted by Gasteiger charge is -2.08. The van der Waals surface area contributed by atoms with Crippen LogP contribution in [0.15, 0.2) is 42.6 Å². The number of nitrogens with one attached hydrogen (secondary N) is 1. The minimum absolute atomic E-state index is 0.236. The number of carbonyl (C=O) groups excluding carboxylic acids is 1. The first-order valence-electron chi connectivity index (χ1n) is 8.02. The molecule has 0 saturated heterocycles. The third-order valence-corrected chi connectivity index (χ3v) is 4.35. The van der Waals surface area contributed by atoms with E-state index in [4.69, 9.17) is 32.7 Å². The highest BCUT2D eigenvalue weighted by Gasteiger charge is 2.09. The number of hydrogen-bond donors (Lipinski definition) is 1. The molecule has 0 atom stereocenters. The van der Waals surface area contributed by atoms with Crippen molar-refractivity contribution in [3.63, 3.8) is 0 Å². The summed E-state index contributed by atoms with van der Waals surface area (Å²) in [6, 6.07) is 9.36. The van der Waals surface area contributed by atoms with E-state index in [-0.39, 0.29) is 19.0 Å². The molecule has 7 heteroatoms. The standard InChI is InChI=1S/C19H16Cl2FNO3/c20-13-3-6-18(16(21)8-13)26-11-19(24)25-7-1-2-12-10-23-17-5-4-14(22)9-15(12)17/h3-6,8-10,23H,1-2,7,11H2. The Labute approximate surface area is 159 Å². The molecule has 0 amide bonds. The molecule has 0 aliphatic carbocycles. The first-order valence-corrected chi connectivity index (χ1v) is 8.77. The van der Waals surface area contributed by atoms with E-state index in [1.807, 2.05) is 6.20 Å². The van der Waals surface area contributed by atoms with Crippen LogP contribution in [0.25, 0.3) is 10.9 Å². The van der Waals surface area contributed by atoms with Crippen LogP contribution in [0.1, 0.15) is 12.0 Å². The second-order valence-corrected chi connectivity index (χ2v) is 6.53. The lowest BCUT2D eigenvalue weighted by atomic mass is 10.1. The van der Waals surface area contributed by atoms with Crippen LogP contribution in [0, 0.1) is 5.82 Å². The molecule has 0 fully saturated rings. The van der Waals surface area contributed by atoms with Gasteiger partial charge in [0.1, 0.15) is 11.6 Å². The quantitative estimate of drug-likeness (QED) is 0.443. The molecular formula is C19H16Cl2FNO3. The van der Waals surface area contributed by atoms with E-state index in [1.54, 1.807) is 18.2 Å². The number of hydrogen-bond acceptors (Lipinski definition) is 3. The number of ether oxygens (including phenoxy) is 2. The summed E-state index contributed by atoms with van der Waals surface area (Å²) in [5, 5.41) is 1.66. The number of rotatable bonds is 7. The number of aromatic amines is 1. The third kappa shape index (κ3) is 4.68. The number of H-pyrrole nitrogens is 1. The molecule has 3 rings (SSSR count). The van der Waals surface area contributed by atoms with Gasteiger partial charge in [0, 0.05) is 22.1 Å². The Balaban J connectivity index is 1.43. The monoisotopic (exact) mass is 395 g/mol. The molecule has 4 nitrogen and oxygen atoms in total. The fourth-order valence-corrected chi connectivity index (χ4v) is 3.04. The molecule has 0 aliphatic rings. The molecule has 0 bridgehead atoms. The van der Waals surface area contributed by atoms with Crippen LogP contribution in [0.3, 0.4) is 0 Å². The van der Waals surface area contributed by atoms with Gasteiger partial charge in [0.2, 0.25) is 0 Å². The Hall–Kier alpha value is -2.24. The van der Waals surface area contributed by atoms with E-state index >= 15 is 0 Å². The van der Waals surface area contributed by atoms with Crippen molar-refractivity contribution in [1.29, 1.82) is 0 Å². The van der Waals surface area contributed by atoms with E-state index in [0.717, 1.165) is 16.5 Å². The van der Waals surface area contributed by atoms with Gasteiger partial charge in [-0.25, -0.2) is 9.18 Å². The molecule has 0 radical (unpaired) electrons. The van der Waals surface area contributed by atoms with Gasteiger partial charge in [-0.05, 0) is 54.8 Å². The molecule has 136 valence electrons. The highest BCUT2D eigenvalue weighted by molar-refractivity contribution is 6.35. The Morgan fingerprint density at radius 3 is 2.81 bits per heavy atom. The van der Waals surface area contributed by atoms with Crippen molar-refractivity contribution in [2.24, 2.45) is 0 Å².